The smallest absolute Gasteiger partial charge is 0.306 e. The van der Waals surface area contributed by atoms with Crippen LogP contribution in [0.25, 0.3) is 0 Å². The van der Waals surface area contributed by atoms with Gasteiger partial charge in [-0.25, -0.2) is 0 Å². The average molecular weight is 528 g/mol. The van der Waals surface area contributed by atoms with Gasteiger partial charge >= 0.3 is 5.97 Å². The lowest BCUT2D eigenvalue weighted by Crippen LogP contribution is -2.20. The highest BCUT2D eigenvalue weighted by atomic mass is 16.5. The van der Waals surface area contributed by atoms with Crippen molar-refractivity contribution >= 4 is 5.97 Å². The molecule has 0 spiro atoms. The van der Waals surface area contributed by atoms with Gasteiger partial charge in [-0.05, 0) is 67.5 Å². The van der Waals surface area contributed by atoms with Crippen LogP contribution in [0.4, 0.5) is 0 Å². The van der Waals surface area contributed by atoms with Crippen LogP contribution >= 0.6 is 0 Å². The Hall–Kier alpha value is -2.79. The highest BCUT2D eigenvalue weighted by molar-refractivity contribution is 5.70. The van der Waals surface area contributed by atoms with Gasteiger partial charge in [0.2, 0.25) is 0 Å². The van der Waals surface area contributed by atoms with Crippen molar-refractivity contribution < 1.29 is 19.4 Å². The number of fused-ring (bicyclic) bond motifs is 1. The summed E-state index contributed by atoms with van der Waals surface area (Å²) in [5, 5.41) is 13.1. The molecule has 5 nitrogen and oxygen atoms in total. The van der Waals surface area contributed by atoms with E-state index in [1.165, 1.54) is 23.1 Å². The molecule has 38 heavy (non-hydrogen) atoms. The van der Waals surface area contributed by atoms with Crippen LogP contribution in [-0.4, -0.2) is 24.3 Å². The van der Waals surface area contributed by atoms with Crippen molar-refractivity contribution in [3.8, 4) is 11.5 Å². The number of hydrogen-bond acceptors (Lipinski definition) is 4. The highest BCUT2D eigenvalue weighted by Crippen LogP contribution is 2.33. The standard InChI is InChI=1S/C26H35NO4.C3H8.C2H6.C2H4/c1-5-10-30-23-7-8-24(17(3)12-23)18(4)27-16-22-15-19(13-20(6-2)26(28)29)14-21-9-11-31-25(21)22;1-3-2;2*1-2/h7-8,12,14-15,18,20,27H,5-6,9-11,13,16H2,1-4H3,(H,28,29);3H2,1-2H3;1-2H3;1-2H2. The van der Waals surface area contributed by atoms with Gasteiger partial charge in [-0.3, -0.25) is 4.79 Å². The van der Waals surface area contributed by atoms with E-state index in [0.717, 1.165) is 42.1 Å². The lowest BCUT2D eigenvalue weighted by molar-refractivity contribution is -0.141. The Morgan fingerprint density at radius 3 is 2.34 bits per heavy atom. The van der Waals surface area contributed by atoms with E-state index in [1.54, 1.807) is 0 Å². The second kappa shape index (κ2) is 20.2. The fourth-order valence-corrected chi connectivity index (χ4v) is 4.22. The molecule has 0 saturated heterocycles. The van der Waals surface area contributed by atoms with E-state index in [1.807, 2.05) is 26.8 Å². The van der Waals surface area contributed by atoms with Crippen LogP contribution in [0.1, 0.15) is 102 Å². The summed E-state index contributed by atoms with van der Waals surface area (Å²) in [6, 6.07) is 10.7. The zero-order valence-electron chi connectivity index (χ0n) is 25.3. The molecule has 2 aromatic carbocycles. The summed E-state index contributed by atoms with van der Waals surface area (Å²) in [5.74, 6) is 0.801. The van der Waals surface area contributed by atoms with Gasteiger partial charge in [-0.15, -0.1) is 13.2 Å². The number of carboxylic acid groups (broad SMARTS) is 1. The molecule has 2 atom stereocenters. The first-order valence-electron chi connectivity index (χ1n) is 14.3. The maximum Gasteiger partial charge on any atom is 0.306 e. The quantitative estimate of drug-likeness (QED) is 0.287. The Balaban J connectivity index is 0.00000179. The van der Waals surface area contributed by atoms with Gasteiger partial charge in [0.15, 0.2) is 0 Å². The molecule has 1 heterocycles. The highest BCUT2D eigenvalue weighted by Gasteiger charge is 2.22. The van der Waals surface area contributed by atoms with Gasteiger partial charge in [0, 0.05) is 24.6 Å². The molecule has 0 saturated carbocycles. The molecule has 0 bridgehead atoms. The van der Waals surface area contributed by atoms with E-state index in [2.05, 4.69) is 77.4 Å². The van der Waals surface area contributed by atoms with Gasteiger partial charge in [0.1, 0.15) is 11.5 Å². The second-order valence-corrected chi connectivity index (χ2v) is 9.17. The van der Waals surface area contributed by atoms with Crippen molar-refractivity contribution in [2.45, 2.75) is 100 Å². The Bertz CT molecular complexity index is 941. The molecular weight excluding hydrogens is 474 g/mol. The van der Waals surface area contributed by atoms with Crippen LogP contribution in [0.5, 0.6) is 11.5 Å². The maximum atomic E-state index is 11.5. The summed E-state index contributed by atoms with van der Waals surface area (Å²) in [6.45, 7) is 24.7. The van der Waals surface area contributed by atoms with Gasteiger partial charge in [-0.1, -0.05) is 66.2 Å². The average Bonchev–Trinajstić information content (AvgIpc) is 3.40. The number of carbonyl (C=O) groups is 1. The first-order chi connectivity index (χ1) is 18.3. The van der Waals surface area contributed by atoms with Crippen molar-refractivity contribution in [3.63, 3.8) is 0 Å². The topological polar surface area (TPSA) is 67.8 Å². The minimum Gasteiger partial charge on any atom is -0.494 e. The zero-order chi connectivity index (χ0) is 29.1. The third-order valence-corrected chi connectivity index (χ3v) is 6.02. The van der Waals surface area contributed by atoms with Gasteiger partial charge in [-0.2, -0.15) is 0 Å². The van der Waals surface area contributed by atoms with E-state index in [4.69, 9.17) is 9.47 Å². The predicted octanol–water partition coefficient (Wildman–Crippen LogP) is 8.47. The summed E-state index contributed by atoms with van der Waals surface area (Å²) in [7, 11) is 0. The fraction of sp³-hybridized carbons (Fsp3) is 0.545. The number of nitrogens with one attached hydrogen (secondary N) is 1. The van der Waals surface area contributed by atoms with E-state index < -0.39 is 5.97 Å². The Kier molecular flexibility index (Phi) is 18.7. The van der Waals surface area contributed by atoms with Gasteiger partial charge < -0.3 is 19.9 Å². The second-order valence-electron chi connectivity index (χ2n) is 9.17. The van der Waals surface area contributed by atoms with Crippen LogP contribution in [0, 0.1) is 12.8 Å². The number of aliphatic carboxylic acids is 1. The van der Waals surface area contributed by atoms with Crippen LogP contribution in [0.15, 0.2) is 43.5 Å². The third kappa shape index (κ3) is 11.3. The summed E-state index contributed by atoms with van der Waals surface area (Å²) in [4.78, 5) is 11.5. The first kappa shape index (κ1) is 35.2. The molecule has 2 N–H and O–H groups in total. The number of rotatable bonds is 11. The normalized spacial score (nSPS) is 12.6. The van der Waals surface area contributed by atoms with Crippen LogP contribution < -0.4 is 14.8 Å². The fourth-order valence-electron chi connectivity index (χ4n) is 4.22. The molecule has 0 aliphatic carbocycles. The number of aryl methyl sites for hydroxylation is 1. The van der Waals surface area contributed by atoms with Crippen LogP contribution in [0.3, 0.4) is 0 Å². The zero-order valence-corrected chi connectivity index (χ0v) is 25.3. The van der Waals surface area contributed by atoms with Crippen molar-refractivity contribution in [2.24, 2.45) is 5.92 Å². The maximum absolute atomic E-state index is 11.5. The Morgan fingerprint density at radius 1 is 1.13 bits per heavy atom. The monoisotopic (exact) mass is 527 g/mol. The number of hydrogen-bond donors (Lipinski definition) is 2. The summed E-state index contributed by atoms with van der Waals surface area (Å²) in [6.07, 6.45) is 4.31. The molecule has 3 rings (SSSR count). The molecule has 5 heteroatoms. The van der Waals surface area contributed by atoms with Crippen molar-refractivity contribution in [1.82, 2.24) is 5.32 Å². The molecule has 0 fully saturated rings. The van der Waals surface area contributed by atoms with Crippen molar-refractivity contribution in [2.75, 3.05) is 13.2 Å². The van der Waals surface area contributed by atoms with Gasteiger partial charge in [0.25, 0.3) is 0 Å². The number of carboxylic acids is 1. The largest absolute Gasteiger partial charge is 0.494 e. The van der Waals surface area contributed by atoms with E-state index in [-0.39, 0.29) is 12.0 Å². The van der Waals surface area contributed by atoms with E-state index in [0.29, 0.717) is 26.0 Å². The molecule has 214 valence electrons. The Morgan fingerprint density at radius 2 is 1.79 bits per heavy atom. The summed E-state index contributed by atoms with van der Waals surface area (Å²) >= 11 is 0. The molecule has 1 aliphatic heterocycles. The van der Waals surface area contributed by atoms with Crippen molar-refractivity contribution in [1.29, 1.82) is 0 Å². The third-order valence-electron chi connectivity index (χ3n) is 6.02. The Labute approximate surface area is 232 Å². The lowest BCUT2D eigenvalue weighted by Gasteiger charge is -2.19. The SMILES string of the molecule is C=C.CC.CCC.CCCOc1ccc(C(C)NCc2cc(CC(CC)C(=O)O)cc3c2OCC3)c(C)c1. The van der Waals surface area contributed by atoms with E-state index >= 15 is 0 Å². The first-order valence-corrected chi connectivity index (χ1v) is 14.3. The van der Waals surface area contributed by atoms with E-state index in [9.17, 15) is 9.90 Å². The molecule has 1 aliphatic rings. The summed E-state index contributed by atoms with van der Waals surface area (Å²) in [5.41, 5.74) is 5.83. The van der Waals surface area contributed by atoms with Gasteiger partial charge in [0.05, 0.1) is 19.1 Å². The number of ether oxygens (including phenoxy) is 2. The van der Waals surface area contributed by atoms with Crippen LogP contribution in [-0.2, 0) is 24.2 Å². The lowest BCUT2D eigenvalue weighted by atomic mass is 9.93. The molecule has 0 radical (unpaired) electrons. The minimum atomic E-state index is -0.727. The minimum absolute atomic E-state index is 0.170. The molecule has 0 aromatic heterocycles. The molecule has 0 amide bonds. The van der Waals surface area contributed by atoms with Crippen LogP contribution in [0.2, 0.25) is 0 Å². The summed E-state index contributed by atoms with van der Waals surface area (Å²) < 4.78 is 11.6. The molecular formula is C33H53NO4. The molecule has 2 unspecified atom stereocenters. The number of benzene rings is 2. The predicted molar refractivity (Wildman–Crippen MR) is 162 cm³/mol. The van der Waals surface area contributed by atoms with Crippen molar-refractivity contribution in [3.05, 3.63) is 71.3 Å². The molecule has 2 aromatic rings.